The van der Waals surface area contributed by atoms with Gasteiger partial charge in [0.2, 0.25) is 11.8 Å². The Hall–Kier alpha value is -3.35. The number of hydrogen-bond donors (Lipinski definition) is 2. The molecular formula is C21H23N3O4. The summed E-state index contributed by atoms with van der Waals surface area (Å²) in [6.45, 7) is 1.92. The third-order valence-corrected chi connectivity index (χ3v) is 4.62. The lowest BCUT2D eigenvalue weighted by atomic mass is 10.1. The second-order valence-electron chi connectivity index (χ2n) is 6.58. The van der Waals surface area contributed by atoms with Crippen LogP contribution in [-0.4, -0.2) is 44.0 Å². The van der Waals surface area contributed by atoms with Crippen molar-refractivity contribution in [2.45, 2.75) is 19.4 Å². The Balaban J connectivity index is 1.63. The number of nitrogens with zero attached hydrogens (tertiary/aromatic N) is 1. The number of nitrogens with one attached hydrogen (secondary N) is 2. The van der Waals surface area contributed by atoms with Crippen LogP contribution >= 0.6 is 0 Å². The third-order valence-electron chi connectivity index (χ3n) is 4.62. The van der Waals surface area contributed by atoms with Crippen LogP contribution in [0.15, 0.2) is 48.5 Å². The lowest BCUT2D eigenvalue weighted by Gasteiger charge is -2.23. The molecule has 0 aromatic heterocycles. The number of fused-ring (bicyclic) bond motifs is 1. The number of ether oxygens (including phenoxy) is 1. The Labute approximate surface area is 163 Å². The number of anilines is 1. The molecule has 7 heteroatoms. The molecule has 0 saturated carbocycles. The summed E-state index contributed by atoms with van der Waals surface area (Å²) in [4.78, 5) is 38.7. The number of para-hydroxylation sites is 1. The van der Waals surface area contributed by atoms with Gasteiger partial charge in [0.25, 0.3) is 5.91 Å². The standard InChI is InChI=1S/C21H23N3O4/c1-14-21(27)24(18-6-4-3-5-17(18)20(26)23-14)13-19(25)22-12-11-15-7-9-16(28-2)10-8-15/h3-10,14H,11-13H2,1-2H3,(H,22,25)(H,23,26)/t14-/m1/s1. The predicted octanol–water partition coefficient (Wildman–Crippen LogP) is 1.52. The number of amides is 3. The van der Waals surface area contributed by atoms with E-state index in [4.69, 9.17) is 4.74 Å². The Morgan fingerprint density at radius 1 is 1.14 bits per heavy atom. The molecule has 1 atom stereocenters. The van der Waals surface area contributed by atoms with Crippen molar-refractivity contribution < 1.29 is 19.1 Å². The molecule has 2 N–H and O–H groups in total. The summed E-state index contributed by atoms with van der Waals surface area (Å²) in [5.74, 6) is -0.135. The molecule has 0 radical (unpaired) electrons. The average molecular weight is 381 g/mol. The fourth-order valence-electron chi connectivity index (χ4n) is 3.09. The fourth-order valence-corrected chi connectivity index (χ4v) is 3.09. The van der Waals surface area contributed by atoms with Crippen molar-refractivity contribution in [1.29, 1.82) is 0 Å². The Kier molecular flexibility index (Phi) is 5.93. The first-order valence-corrected chi connectivity index (χ1v) is 9.10. The van der Waals surface area contributed by atoms with Crippen molar-refractivity contribution in [2.75, 3.05) is 25.1 Å². The van der Waals surface area contributed by atoms with Crippen molar-refractivity contribution in [3.05, 3.63) is 59.7 Å². The Morgan fingerprint density at radius 2 is 1.86 bits per heavy atom. The number of hydrogen-bond acceptors (Lipinski definition) is 4. The lowest BCUT2D eigenvalue weighted by Crippen LogP contribution is -2.47. The van der Waals surface area contributed by atoms with Crippen LogP contribution in [0, 0.1) is 0 Å². The molecule has 0 spiro atoms. The van der Waals surface area contributed by atoms with Gasteiger partial charge in [0.05, 0.1) is 18.4 Å². The SMILES string of the molecule is COc1ccc(CCNC(=O)CN2C(=O)[C@@H](C)NC(=O)c3ccccc32)cc1. The maximum atomic E-state index is 12.7. The molecule has 3 amide bonds. The van der Waals surface area contributed by atoms with Crippen LogP contribution in [0.3, 0.4) is 0 Å². The van der Waals surface area contributed by atoms with E-state index in [2.05, 4.69) is 10.6 Å². The first-order chi connectivity index (χ1) is 13.5. The summed E-state index contributed by atoms with van der Waals surface area (Å²) in [6.07, 6.45) is 0.663. The molecule has 1 heterocycles. The van der Waals surface area contributed by atoms with Gasteiger partial charge in [-0.25, -0.2) is 0 Å². The topological polar surface area (TPSA) is 87.7 Å². The molecule has 2 aromatic carbocycles. The largest absolute Gasteiger partial charge is 0.497 e. The van der Waals surface area contributed by atoms with E-state index >= 15 is 0 Å². The maximum Gasteiger partial charge on any atom is 0.254 e. The molecule has 0 aliphatic carbocycles. The number of carbonyl (C=O) groups excluding carboxylic acids is 3. The number of benzene rings is 2. The molecule has 7 nitrogen and oxygen atoms in total. The van der Waals surface area contributed by atoms with Crippen molar-refractivity contribution >= 4 is 23.4 Å². The first kappa shape index (κ1) is 19.4. The minimum Gasteiger partial charge on any atom is -0.497 e. The van der Waals surface area contributed by atoms with Crippen molar-refractivity contribution in [3.63, 3.8) is 0 Å². The minimum atomic E-state index is -0.702. The normalized spacial score (nSPS) is 16.1. The summed E-state index contributed by atoms with van der Waals surface area (Å²) < 4.78 is 5.13. The van der Waals surface area contributed by atoms with Gasteiger partial charge in [-0.15, -0.1) is 0 Å². The summed E-state index contributed by atoms with van der Waals surface area (Å²) >= 11 is 0. The van der Waals surface area contributed by atoms with Crippen LogP contribution < -0.4 is 20.3 Å². The molecule has 0 bridgehead atoms. The smallest absolute Gasteiger partial charge is 0.254 e. The van der Waals surface area contributed by atoms with Gasteiger partial charge in [-0.3, -0.25) is 14.4 Å². The zero-order chi connectivity index (χ0) is 20.1. The number of rotatable bonds is 6. The molecule has 28 heavy (non-hydrogen) atoms. The van der Waals surface area contributed by atoms with E-state index in [1.54, 1.807) is 38.3 Å². The van der Waals surface area contributed by atoms with Gasteiger partial charge in [0, 0.05) is 6.54 Å². The molecule has 2 aromatic rings. The van der Waals surface area contributed by atoms with Crippen molar-refractivity contribution in [2.24, 2.45) is 0 Å². The van der Waals surface area contributed by atoms with E-state index in [0.717, 1.165) is 11.3 Å². The molecule has 0 fully saturated rings. The molecule has 146 valence electrons. The van der Waals surface area contributed by atoms with Gasteiger partial charge < -0.3 is 20.3 Å². The van der Waals surface area contributed by atoms with Crippen molar-refractivity contribution in [1.82, 2.24) is 10.6 Å². The van der Waals surface area contributed by atoms with Gasteiger partial charge in [-0.1, -0.05) is 24.3 Å². The molecule has 1 aliphatic rings. The number of carbonyl (C=O) groups is 3. The van der Waals surface area contributed by atoms with Crippen molar-refractivity contribution in [3.8, 4) is 5.75 Å². The Morgan fingerprint density at radius 3 is 2.57 bits per heavy atom. The summed E-state index contributed by atoms with van der Waals surface area (Å²) in [7, 11) is 1.61. The van der Waals surface area contributed by atoms with Gasteiger partial charge >= 0.3 is 0 Å². The summed E-state index contributed by atoms with van der Waals surface area (Å²) in [6, 6.07) is 13.7. The summed E-state index contributed by atoms with van der Waals surface area (Å²) in [5, 5.41) is 5.49. The van der Waals surface area contributed by atoms with Gasteiger partial charge in [-0.2, -0.15) is 0 Å². The van der Waals surface area contributed by atoms with Crippen LogP contribution in [0.25, 0.3) is 0 Å². The van der Waals surface area contributed by atoms with E-state index in [9.17, 15) is 14.4 Å². The van der Waals surface area contributed by atoms with Crippen LogP contribution in [-0.2, 0) is 16.0 Å². The van der Waals surface area contributed by atoms with Gasteiger partial charge in [0.1, 0.15) is 18.3 Å². The van der Waals surface area contributed by atoms with Crippen LogP contribution in [0.5, 0.6) is 5.75 Å². The average Bonchev–Trinajstić information content (AvgIpc) is 2.79. The zero-order valence-electron chi connectivity index (χ0n) is 15.9. The minimum absolute atomic E-state index is 0.141. The second-order valence-corrected chi connectivity index (χ2v) is 6.58. The molecular weight excluding hydrogens is 358 g/mol. The molecule has 3 rings (SSSR count). The van der Waals surface area contributed by atoms with E-state index in [1.165, 1.54) is 4.90 Å². The molecule has 1 aliphatic heterocycles. The van der Waals surface area contributed by atoms with Gasteiger partial charge in [-0.05, 0) is 43.2 Å². The van der Waals surface area contributed by atoms with Crippen LogP contribution in [0.2, 0.25) is 0 Å². The van der Waals surface area contributed by atoms with E-state index in [-0.39, 0.29) is 24.3 Å². The van der Waals surface area contributed by atoms with E-state index in [0.29, 0.717) is 24.2 Å². The maximum absolute atomic E-state index is 12.7. The van der Waals surface area contributed by atoms with Gasteiger partial charge in [0.15, 0.2) is 0 Å². The van der Waals surface area contributed by atoms with Crippen LogP contribution in [0.4, 0.5) is 5.69 Å². The molecule has 0 unspecified atom stereocenters. The second kappa shape index (κ2) is 8.56. The fraction of sp³-hybridized carbons (Fsp3) is 0.286. The molecule has 0 saturated heterocycles. The highest BCUT2D eigenvalue weighted by atomic mass is 16.5. The predicted molar refractivity (Wildman–Crippen MR) is 105 cm³/mol. The van der Waals surface area contributed by atoms with E-state index < -0.39 is 6.04 Å². The summed E-state index contributed by atoms with van der Waals surface area (Å²) in [5.41, 5.74) is 1.90. The quantitative estimate of drug-likeness (QED) is 0.794. The highest BCUT2D eigenvalue weighted by molar-refractivity contribution is 6.12. The lowest BCUT2D eigenvalue weighted by molar-refractivity contribution is -0.124. The highest BCUT2D eigenvalue weighted by Crippen LogP contribution is 2.23. The Bertz CT molecular complexity index is 879. The monoisotopic (exact) mass is 381 g/mol. The van der Waals surface area contributed by atoms with E-state index in [1.807, 2.05) is 24.3 Å². The first-order valence-electron chi connectivity index (χ1n) is 9.10. The zero-order valence-corrected chi connectivity index (χ0v) is 15.9. The number of methoxy groups -OCH3 is 1. The third kappa shape index (κ3) is 4.31. The van der Waals surface area contributed by atoms with Crippen LogP contribution in [0.1, 0.15) is 22.8 Å². The highest BCUT2D eigenvalue weighted by Gasteiger charge is 2.31.